The Labute approximate surface area is 351 Å². The Hall–Kier alpha value is -7.01. The standard InChI is InChI=1S/C49H50N8O3/c1-5-6-27-44-43(47(59)56(33-18-28-45(58)60-4)48(51-44)50-35-55(2)3)34-36-29-31-37(32-30-36)41-25-16-17-26-42(41)46-52-53-54-57(46)49(38-19-10-7-11-20-38,39-21-12-8-13-22-39)40-23-14-9-15-24-40/h7-17,19-26,29-32,35H,5-6,18,27-28,33-34H2,1-4H3. The number of nitrogens with zero attached hydrogens (tertiary/aromatic N) is 8. The van der Waals surface area contributed by atoms with Gasteiger partial charge in [-0.05, 0) is 63.1 Å². The summed E-state index contributed by atoms with van der Waals surface area (Å²) in [6, 6.07) is 47.6. The van der Waals surface area contributed by atoms with Crippen LogP contribution in [0, 0.1) is 0 Å². The molecule has 2 heterocycles. The van der Waals surface area contributed by atoms with Crippen LogP contribution >= 0.6 is 0 Å². The quantitative estimate of drug-likeness (QED) is 0.0390. The number of rotatable bonds is 17. The van der Waals surface area contributed by atoms with Crippen LogP contribution in [0.25, 0.3) is 22.5 Å². The summed E-state index contributed by atoms with van der Waals surface area (Å²) in [5.74, 6) is 0.622. The van der Waals surface area contributed by atoms with E-state index in [1.165, 1.54) is 7.11 Å². The first-order chi connectivity index (χ1) is 29.3. The third-order valence-corrected chi connectivity index (χ3v) is 10.7. The minimum Gasteiger partial charge on any atom is -0.469 e. The summed E-state index contributed by atoms with van der Waals surface area (Å²) in [5, 5.41) is 13.8. The molecule has 11 nitrogen and oxygen atoms in total. The highest BCUT2D eigenvalue weighted by Crippen LogP contribution is 2.43. The zero-order valence-corrected chi connectivity index (χ0v) is 34.6. The van der Waals surface area contributed by atoms with Crippen LogP contribution in [0.1, 0.15) is 66.1 Å². The van der Waals surface area contributed by atoms with Gasteiger partial charge in [-0.2, -0.15) is 0 Å². The van der Waals surface area contributed by atoms with Crippen molar-refractivity contribution < 1.29 is 9.53 Å². The third kappa shape index (κ3) is 8.70. The molecule has 7 rings (SSSR count). The monoisotopic (exact) mass is 798 g/mol. The van der Waals surface area contributed by atoms with Crippen molar-refractivity contribution in [1.82, 2.24) is 34.7 Å². The number of hydrogen-bond donors (Lipinski definition) is 0. The molecule has 11 heteroatoms. The number of unbranched alkanes of at least 4 members (excludes halogenated alkanes) is 1. The van der Waals surface area contributed by atoms with E-state index in [0.29, 0.717) is 36.6 Å². The highest BCUT2D eigenvalue weighted by molar-refractivity contribution is 5.81. The van der Waals surface area contributed by atoms with Gasteiger partial charge in [0.05, 0.1) is 19.1 Å². The summed E-state index contributed by atoms with van der Waals surface area (Å²) in [6.07, 6.45) is 5.15. The first kappa shape index (κ1) is 41.2. The molecule has 0 aliphatic heterocycles. The number of aliphatic imine (C=N–C) groups is 1. The molecule has 0 amide bonds. The van der Waals surface area contributed by atoms with Gasteiger partial charge in [-0.1, -0.05) is 153 Å². The maximum Gasteiger partial charge on any atom is 0.305 e. The van der Waals surface area contributed by atoms with Crippen LogP contribution in [0.4, 0.5) is 5.95 Å². The fourth-order valence-corrected chi connectivity index (χ4v) is 7.73. The molecule has 0 spiro atoms. The molecule has 0 saturated heterocycles. The van der Waals surface area contributed by atoms with Gasteiger partial charge in [-0.15, -0.1) is 5.10 Å². The summed E-state index contributed by atoms with van der Waals surface area (Å²) < 4.78 is 8.39. The van der Waals surface area contributed by atoms with Crippen molar-refractivity contribution in [2.24, 2.45) is 4.99 Å². The second kappa shape index (κ2) is 19.2. The van der Waals surface area contributed by atoms with E-state index in [1.807, 2.05) is 85.5 Å². The largest absolute Gasteiger partial charge is 0.469 e. The molecule has 0 bridgehead atoms. The van der Waals surface area contributed by atoms with Crippen LogP contribution in [-0.2, 0) is 34.5 Å². The Balaban J connectivity index is 1.29. The molecular weight excluding hydrogens is 749 g/mol. The van der Waals surface area contributed by atoms with E-state index in [-0.39, 0.29) is 24.5 Å². The number of carbonyl (C=O) groups is 1. The smallest absolute Gasteiger partial charge is 0.305 e. The molecule has 0 atom stereocenters. The molecule has 0 fully saturated rings. The Morgan fingerprint density at radius 3 is 1.93 bits per heavy atom. The van der Waals surface area contributed by atoms with Crippen molar-refractivity contribution in [2.45, 2.75) is 57.5 Å². The lowest BCUT2D eigenvalue weighted by Gasteiger charge is -2.36. The Bertz CT molecular complexity index is 2490. The van der Waals surface area contributed by atoms with Gasteiger partial charge in [0.1, 0.15) is 5.54 Å². The topological polar surface area (TPSA) is 120 Å². The van der Waals surface area contributed by atoms with E-state index in [9.17, 15) is 9.59 Å². The van der Waals surface area contributed by atoms with Crippen molar-refractivity contribution >= 4 is 18.3 Å². The molecule has 60 heavy (non-hydrogen) atoms. The van der Waals surface area contributed by atoms with Crippen LogP contribution in [0.5, 0.6) is 0 Å². The average molecular weight is 799 g/mol. The molecule has 0 radical (unpaired) electrons. The lowest BCUT2D eigenvalue weighted by Crippen LogP contribution is -2.39. The molecule has 304 valence electrons. The lowest BCUT2D eigenvalue weighted by atomic mass is 9.77. The van der Waals surface area contributed by atoms with E-state index >= 15 is 0 Å². The number of esters is 1. The minimum absolute atomic E-state index is 0.146. The molecule has 0 unspecified atom stereocenters. The van der Waals surface area contributed by atoms with Gasteiger partial charge < -0.3 is 9.64 Å². The minimum atomic E-state index is -0.900. The fraction of sp³-hybridized carbons (Fsp3) is 0.245. The number of aromatic nitrogens is 6. The number of ether oxygens (including phenoxy) is 1. The summed E-state index contributed by atoms with van der Waals surface area (Å²) in [5.41, 5.74) is 7.18. The summed E-state index contributed by atoms with van der Waals surface area (Å²) in [4.78, 5) is 37.6. The van der Waals surface area contributed by atoms with E-state index in [0.717, 1.165) is 57.5 Å². The summed E-state index contributed by atoms with van der Waals surface area (Å²) >= 11 is 0. The summed E-state index contributed by atoms with van der Waals surface area (Å²) in [7, 11) is 5.10. The number of tetrazole rings is 1. The van der Waals surface area contributed by atoms with Gasteiger partial charge in [-0.3, -0.25) is 14.2 Å². The number of carbonyl (C=O) groups excluding carboxylic acids is 1. The van der Waals surface area contributed by atoms with Gasteiger partial charge in [0.15, 0.2) is 5.82 Å². The molecule has 0 aliphatic rings. The zero-order chi connectivity index (χ0) is 41.9. The van der Waals surface area contributed by atoms with Gasteiger partial charge >= 0.3 is 5.97 Å². The van der Waals surface area contributed by atoms with Crippen LogP contribution in [0.15, 0.2) is 149 Å². The van der Waals surface area contributed by atoms with Crippen molar-refractivity contribution in [3.05, 3.63) is 183 Å². The Morgan fingerprint density at radius 2 is 1.37 bits per heavy atom. The van der Waals surface area contributed by atoms with Crippen LogP contribution < -0.4 is 5.56 Å². The zero-order valence-electron chi connectivity index (χ0n) is 34.6. The number of aryl methyl sites for hydroxylation is 1. The van der Waals surface area contributed by atoms with Gasteiger partial charge in [-0.25, -0.2) is 14.7 Å². The SMILES string of the molecule is CCCCc1nc(N=CN(C)C)n(CCCC(=O)OC)c(=O)c1Cc1ccc(-c2ccccc2-c2nnnn2C(c2ccccc2)(c2ccccc2)c2ccccc2)cc1. The molecule has 2 aromatic heterocycles. The molecule has 0 aliphatic carbocycles. The highest BCUT2D eigenvalue weighted by atomic mass is 16.5. The van der Waals surface area contributed by atoms with Crippen molar-refractivity contribution in [3.63, 3.8) is 0 Å². The molecular formula is C49H50N8O3. The molecule has 7 aromatic rings. The maximum atomic E-state index is 14.4. The Morgan fingerprint density at radius 1 is 0.783 bits per heavy atom. The number of methoxy groups -OCH3 is 1. The fourth-order valence-electron chi connectivity index (χ4n) is 7.73. The number of benzene rings is 5. The maximum absolute atomic E-state index is 14.4. The molecule has 5 aromatic carbocycles. The van der Waals surface area contributed by atoms with Gasteiger partial charge in [0, 0.05) is 44.6 Å². The van der Waals surface area contributed by atoms with Crippen molar-refractivity contribution in [1.29, 1.82) is 0 Å². The van der Waals surface area contributed by atoms with E-state index in [1.54, 1.807) is 15.8 Å². The number of hydrogen-bond acceptors (Lipinski definition) is 8. The third-order valence-electron chi connectivity index (χ3n) is 10.7. The highest BCUT2D eigenvalue weighted by Gasteiger charge is 2.42. The average Bonchev–Trinajstić information content (AvgIpc) is 3.78. The van der Waals surface area contributed by atoms with E-state index < -0.39 is 5.54 Å². The summed E-state index contributed by atoms with van der Waals surface area (Å²) in [6.45, 7) is 2.41. The Kier molecular flexibility index (Phi) is 13.1. The molecule has 0 N–H and O–H groups in total. The lowest BCUT2D eigenvalue weighted by molar-refractivity contribution is -0.140. The predicted molar refractivity (Wildman–Crippen MR) is 236 cm³/mol. The predicted octanol–water partition coefficient (Wildman–Crippen LogP) is 8.51. The van der Waals surface area contributed by atoms with E-state index in [4.69, 9.17) is 20.0 Å². The second-order valence-corrected chi connectivity index (χ2v) is 14.9. The first-order valence-electron chi connectivity index (χ1n) is 20.4. The van der Waals surface area contributed by atoms with Gasteiger partial charge in [0.2, 0.25) is 5.95 Å². The van der Waals surface area contributed by atoms with Crippen LogP contribution in [0.3, 0.4) is 0 Å². The van der Waals surface area contributed by atoms with Crippen LogP contribution in [-0.4, -0.2) is 68.2 Å². The normalized spacial score (nSPS) is 11.5. The van der Waals surface area contributed by atoms with Crippen molar-refractivity contribution in [2.75, 3.05) is 21.2 Å². The molecule has 0 saturated carbocycles. The second-order valence-electron chi connectivity index (χ2n) is 14.9. The van der Waals surface area contributed by atoms with Gasteiger partial charge in [0.25, 0.3) is 5.56 Å². The first-order valence-corrected chi connectivity index (χ1v) is 20.4. The van der Waals surface area contributed by atoms with E-state index in [2.05, 4.69) is 89.9 Å². The van der Waals surface area contributed by atoms with Crippen LogP contribution in [0.2, 0.25) is 0 Å². The van der Waals surface area contributed by atoms with Crippen molar-refractivity contribution in [3.8, 4) is 22.5 Å².